The molecule has 0 saturated carbocycles. The molecule has 0 spiro atoms. The molecular weight excluding hydrogens is 357 g/mol. The van der Waals surface area contributed by atoms with Crippen LogP contribution in [0.5, 0.6) is 0 Å². The van der Waals surface area contributed by atoms with Gasteiger partial charge in [0.1, 0.15) is 12.3 Å². The minimum atomic E-state index is -0.323. The molecule has 1 aromatic heterocycles. The molecule has 0 aliphatic heterocycles. The lowest BCUT2D eigenvalue weighted by molar-refractivity contribution is 0.0465. The third-order valence-corrected chi connectivity index (χ3v) is 5.41. The molecule has 0 aliphatic rings. The zero-order chi connectivity index (χ0) is 19.8. The zero-order valence-electron chi connectivity index (χ0n) is 16.1. The first-order chi connectivity index (χ1) is 14.3. The molecule has 4 aromatic carbocycles. The number of aromatic nitrogens is 1. The molecule has 0 unspecified atom stereocenters. The van der Waals surface area contributed by atoms with Crippen LogP contribution in [0.3, 0.4) is 0 Å². The van der Waals surface area contributed by atoms with Gasteiger partial charge in [0.15, 0.2) is 0 Å². The van der Waals surface area contributed by atoms with Crippen LogP contribution in [0.2, 0.25) is 6.82 Å². The van der Waals surface area contributed by atoms with E-state index >= 15 is 0 Å². The molecule has 139 valence electrons. The van der Waals surface area contributed by atoms with Crippen LogP contribution in [0.1, 0.15) is 16.1 Å². The molecule has 0 bridgehead atoms. The summed E-state index contributed by atoms with van der Waals surface area (Å²) in [6.07, 6.45) is 0. The molecule has 0 saturated heterocycles. The van der Waals surface area contributed by atoms with Crippen LogP contribution < -0.4 is 0 Å². The Kier molecular flexibility index (Phi) is 4.32. The Bertz CT molecular complexity index is 1360. The number of carbonyl (C=O) groups is 1. The molecule has 1 radical (unpaired) electrons. The first-order valence-corrected chi connectivity index (χ1v) is 9.73. The van der Waals surface area contributed by atoms with Gasteiger partial charge in [0, 0.05) is 16.3 Å². The van der Waals surface area contributed by atoms with E-state index in [0.29, 0.717) is 5.69 Å². The van der Waals surface area contributed by atoms with Crippen molar-refractivity contribution >= 4 is 45.8 Å². The summed E-state index contributed by atoms with van der Waals surface area (Å²) < 4.78 is 7.59. The largest absolute Gasteiger partial charge is 0.456 e. The van der Waals surface area contributed by atoms with E-state index in [1.807, 2.05) is 67.2 Å². The van der Waals surface area contributed by atoms with Crippen LogP contribution in [0, 0.1) is 0 Å². The average Bonchev–Trinajstić information content (AvgIpc) is 3.18. The van der Waals surface area contributed by atoms with Crippen LogP contribution in [-0.4, -0.2) is 17.9 Å². The van der Waals surface area contributed by atoms with Crippen molar-refractivity contribution in [1.29, 1.82) is 0 Å². The molecule has 0 N–H and O–H groups in total. The summed E-state index contributed by atoms with van der Waals surface area (Å²) in [5.74, 6) is -0.323. The summed E-state index contributed by atoms with van der Waals surface area (Å²) in [6.45, 7) is 2.20. The molecular formula is C25H19BNO2. The summed E-state index contributed by atoms with van der Waals surface area (Å²) in [7, 11) is 1.93. The highest BCUT2D eigenvalue weighted by molar-refractivity contribution is 6.38. The average molecular weight is 376 g/mol. The van der Waals surface area contributed by atoms with Gasteiger partial charge in [-0.2, -0.15) is 0 Å². The van der Waals surface area contributed by atoms with Crippen molar-refractivity contribution in [2.75, 3.05) is 0 Å². The summed E-state index contributed by atoms with van der Waals surface area (Å²) in [5.41, 5.74) is 2.55. The number of carbonyl (C=O) groups excluding carboxylic acids is 1. The van der Waals surface area contributed by atoms with Crippen molar-refractivity contribution in [3.63, 3.8) is 0 Å². The molecule has 3 nitrogen and oxygen atoms in total. The van der Waals surface area contributed by atoms with Gasteiger partial charge in [-0.3, -0.25) is 0 Å². The van der Waals surface area contributed by atoms with Gasteiger partial charge < -0.3 is 9.21 Å². The number of hydrogen-bond donors (Lipinski definition) is 0. The van der Waals surface area contributed by atoms with Crippen molar-refractivity contribution in [3.8, 4) is 0 Å². The minimum absolute atomic E-state index is 0.256. The number of ether oxygens (including phenoxy) is 1. The van der Waals surface area contributed by atoms with E-state index in [9.17, 15) is 4.79 Å². The molecule has 4 heteroatoms. The predicted octanol–water partition coefficient (Wildman–Crippen LogP) is 5.82. The number of esters is 1. The normalized spacial score (nSPS) is 11.2. The quantitative estimate of drug-likeness (QED) is 0.225. The second-order valence-corrected chi connectivity index (χ2v) is 7.07. The van der Waals surface area contributed by atoms with Crippen molar-refractivity contribution in [2.24, 2.45) is 0 Å². The Balaban J connectivity index is 1.70. The van der Waals surface area contributed by atoms with E-state index in [2.05, 4.69) is 36.4 Å². The third kappa shape index (κ3) is 2.88. The van der Waals surface area contributed by atoms with Crippen LogP contribution >= 0.6 is 0 Å². The van der Waals surface area contributed by atoms with Gasteiger partial charge in [0.2, 0.25) is 7.41 Å². The molecule has 0 atom stereocenters. The SMILES string of the molecule is C[B]n1c(C(=O)OCc2ccccc2)cc2c3ccccc3c3ccccc3c21. The predicted molar refractivity (Wildman–Crippen MR) is 120 cm³/mol. The maximum Gasteiger partial charge on any atom is 0.354 e. The molecule has 5 rings (SSSR count). The van der Waals surface area contributed by atoms with Gasteiger partial charge in [-0.05, 0) is 27.8 Å². The van der Waals surface area contributed by atoms with Crippen LogP contribution in [0.15, 0.2) is 84.9 Å². The highest BCUT2D eigenvalue weighted by Crippen LogP contribution is 2.36. The van der Waals surface area contributed by atoms with Crippen molar-refractivity contribution in [2.45, 2.75) is 13.4 Å². The number of nitrogens with zero attached hydrogens (tertiary/aromatic N) is 1. The van der Waals surface area contributed by atoms with E-state index in [1.165, 1.54) is 10.8 Å². The Morgan fingerprint density at radius 2 is 1.34 bits per heavy atom. The fourth-order valence-electron chi connectivity index (χ4n) is 4.10. The van der Waals surface area contributed by atoms with Crippen molar-refractivity contribution in [1.82, 2.24) is 4.48 Å². The molecule has 29 heavy (non-hydrogen) atoms. The van der Waals surface area contributed by atoms with E-state index in [4.69, 9.17) is 4.74 Å². The van der Waals surface area contributed by atoms with Gasteiger partial charge in [0.25, 0.3) is 0 Å². The lowest BCUT2D eigenvalue weighted by atomic mass is 9.95. The maximum absolute atomic E-state index is 13.0. The highest BCUT2D eigenvalue weighted by atomic mass is 16.5. The Morgan fingerprint density at radius 1 is 0.793 bits per heavy atom. The number of hydrogen-bond acceptors (Lipinski definition) is 2. The van der Waals surface area contributed by atoms with Crippen LogP contribution in [-0.2, 0) is 11.3 Å². The van der Waals surface area contributed by atoms with Gasteiger partial charge in [-0.15, -0.1) is 0 Å². The Labute approximate surface area is 169 Å². The van der Waals surface area contributed by atoms with Gasteiger partial charge in [-0.1, -0.05) is 85.7 Å². The lowest BCUT2D eigenvalue weighted by Gasteiger charge is -2.11. The molecule has 0 aliphatic carbocycles. The molecule has 1 heterocycles. The molecule has 0 amide bonds. The second kappa shape index (κ2) is 7.14. The number of fused-ring (bicyclic) bond motifs is 6. The monoisotopic (exact) mass is 376 g/mol. The highest BCUT2D eigenvalue weighted by Gasteiger charge is 2.20. The summed E-state index contributed by atoms with van der Waals surface area (Å²) in [6, 6.07) is 28.4. The fourth-order valence-corrected chi connectivity index (χ4v) is 4.10. The molecule has 5 aromatic rings. The first kappa shape index (κ1) is 17.6. The smallest absolute Gasteiger partial charge is 0.354 e. The molecule has 0 fully saturated rings. The first-order valence-electron chi connectivity index (χ1n) is 9.73. The number of benzene rings is 4. The zero-order valence-corrected chi connectivity index (χ0v) is 16.1. The minimum Gasteiger partial charge on any atom is -0.456 e. The summed E-state index contributed by atoms with van der Waals surface area (Å²) in [5, 5.41) is 5.69. The summed E-state index contributed by atoms with van der Waals surface area (Å²) >= 11 is 0. The van der Waals surface area contributed by atoms with Crippen LogP contribution in [0.25, 0.3) is 32.4 Å². The Hall–Kier alpha value is -3.53. The van der Waals surface area contributed by atoms with E-state index in [0.717, 1.165) is 27.2 Å². The van der Waals surface area contributed by atoms with Crippen LogP contribution in [0.4, 0.5) is 0 Å². The summed E-state index contributed by atoms with van der Waals surface area (Å²) in [4.78, 5) is 13.0. The third-order valence-electron chi connectivity index (χ3n) is 5.41. The topological polar surface area (TPSA) is 31.2 Å². The van der Waals surface area contributed by atoms with E-state index in [1.54, 1.807) is 0 Å². The second-order valence-electron chi connectivity index (χ2n) is 7.07. The van der Waals surface area contributed by atoms with Gasteiger partial charge >= 0.3 is 5.97 Å². The Morgan fingerprint density at radius 3 is 2.00 bits per heavy atom. The standard InChI is InChI=1S/C25H19BNO2/c1-26-27-23(25(28)29-16-17-9-3-2-4-10-17)15-22-20-13-6-5-11-18(20)19-12-7-8-14-21(19)24(22)27/h2-15H,16H2,1H3. The van der Waals surface area contributed by atoms with Crippen molar-refractivity contribution < 1.29 is 9.53 Å². The lowest BCUT2D eigenvalue weighted by Crippen LogP contribution is -2.14. The fraction of sp³-hybridized carbons (Fsp3) is 0.0800. The maximum atomic E-state index is 13.0. The van der Waals surface area contributed by atoms with Crippen molar-refractivity contribution in [3.05, 3.63) is 96.2 Å². The van der Waals surface area contributed by atoms with Gasteiger partial charge in [-0.25, -0.2) is 4.79 Å². The van der Waals surface area contributed by atoms with E-state index in [-0.39, 0.29) is 12.6 Å². The van der Waals surface area contributed by atoms with E-state index < -0.39 is 0 Å². The van der Waals surface area contributed by atoms with Gasteiger partial charge in [0.05, 0.1) is 0 Å². The number of rotatable bonds is 4.